The van der Waals surface area contributed by atoms with Gasteiger partial charge in [0.15, 0.2) is 11.5 Å². The quantitative estimate of drug-likeness (QED) is 0.637. The van der Waals surface area contributed by atoms with E-state index in [1.165, 1.54) is 20.3 Å². The molecule has 0 aliphatic carbocycles. The molecule has 0 bridgehead atoms. The third-order valence-electron chi connectivity index (χ3n) is 4.32. The summed E-state index contributed by atoms with van der Waals surface area (Å²) in [4.78, 5) is 12.5. The summed E-state index contributed by atoms with van der Waals surface area (Å²) < 4.78 is 15.7. The van der Waals surface area contributed by atoms with Gasteiger partial charge in [-0.05, 0) is 47.4 Å². The molecule has 0 radical (unpaired) electrons. The monoisotopic (exact) mass is 403 g/mol. The molecule has 6 heteroatoms. The Hall–Kier alpha value is -2.66. The molecule has 5 nitrogen and oxygen atoms in total. The second kappa shape index (κ2) is 10.0. The smallest absolute Gasteiger partial charge is 0.244 e. The van der Waals surface area contributed by atoms with Crippen LogP contribution in [0.1, 0.15) is 31.0 Å². The topological polar surface area (TPSA) is 56.8 Å². The van der Waals surface area contributed by atoms with Crippen LogP contribution in [0.15, 0.2) is 42.5 Å². The molecule has 0 aromatic heterocycles. The van der Waals surface area contributed by atoms with E-state index in [0.717, 1.165) is 16.9 Å². The summed E-state index contributed by atoms with van der Waals surface area (Å²) in [7, 11) is 4.69. The fourth-order valence-corrected chi connectivity index (χ4v) is 3.15. The zero-order valence-corrected chi connectivity index (χ0v) is 17.5. The van der Waals surface area contributed by atoms with Crippen LogP contribution in [-0.2, 0) is 4.79 Å². The Balaban J connectivity index is 2.15. The van der Waals surface area contributed by atoms with Crippen molar-refractivity contribution in [1.82, 2.24) is 5.32 Å². The van der Waals surface area contributed by atoms with E-state index in [1.807, 2.05) is 24.3 Å². The predicted molar refractivity (Wildman–Crippen MR) is 112 cm³/mol. The summed E-state index contributed by atoms with van der Waals surface area (Å²) in [6, 6.07) is 11.1. The average Bonchev–Trinajstić information content (AvgIpc) is 2.69. The Labute approximate surface area is 171 Å². The molecule has 28 heavy (non-hydrogen) atoms. The van der Waals surface area contributed by atoms with Gasteiger partial charge in [0.2, 0.25) is 5.91 Å². The highest BCUT2D eigenvalue weighted by Gasteiger charge is 2.17. The lowest BCUT2D eigenvalue weighted by Gasteiger charge is -2.22. The lowest BCUT2D eigenvalue weighted by atomic mass is 9.96. The van der Waals surface area contributed by atoms with Crippen LogP contribution in [0.25, 0.3) is 6.08 Å². The summed E-state index contributed by atoms with van der Waals surface area (Å²) >= 11 is 6.21. The van der Waals surface area contributed by atoms with Gasteiger partial charge in [0.05, 0.1) is 32.4 Å². The number of hydrogen-bond donors (Lipinski definition) is 1. The van der Waals surface area contributed by atoms with Gasteiger partial charge in [-0.3, -0.25) is 4.79 Å². The number of carbonyl (C=O) groups excluding carboxylic acids is 1. The molecule has 1 atom stereocenters. The molecule has 1 amide bonds. The van der Waals surface area contributed by atoms with Crippen LogP contribution in [0.5, 0.6) is 17.2 Å². The number of amides is 1. The van der Waals surface area contributed by atoms with Gasteiger partial charge < -0.3 is 19.5 Å². The van der Waals surface area contributed by atoms with E-state index in [0.29, 0.717) is 16.5 Å². The Bertz CT molecular complexity index is 831. The molecule has 1 N–H and O–H groups in total. The highest BCUT2D eigenvalue weighted by atomic mass is 35.5. The number of carbonyl (C=O) groups is 1. The molecule has 0 spiro atoms. The summed E-state index contributed by atoms with van der Waals surface area (Å²) in [6.45, 7) is 4.13. The molecule has 2 aromatic rings. The standard InChI is InChI=1S/C22H26ClNO4/c1-14(2)21(16-7-9-17(26-3)10-8-16)24-20(25)11-6-15-12-18(23)22(28-5)19(13-15)27-4/h6-14,21H,1-5H3,(H,24,25)/b11-6+. The zero-order chi connectivity index (χ0) is 20.7. The summed E-state index contributed by atoms with van der Waals surface area (Å²) in [5.41, 5.74) is 1.76. The number of nitrogens with one attached hydrogen (secondary N) is 1. The molecule has 0 fully saturated rings. The van der Waals surface area contributed by atoms with Crippen LogP contribution in [0.3, 0.4) is 0 Å². The molecule has 0 saturated carbocycles. The average molecular weight is 404 g/mol. The van der Waals surface area contributed by atoms with Gasteiger partial charge in [-0.15, -0.1) is 0 Å². The maximum absolute atomic E-state index is 12.5. The Kier molecular flexibility index (Phi) is 7.76. The number of ether oxygens (including phenoxy) is 3. The molecule has 2 rings (SSSR count). The van der Waals surface area contributed by atoms with E-state index in [-0.39, 0.29) is 17.9 Å². The summed E-state index contributed by atoms with van der Waals surface area (Å²) in [5.74, 6) is 1.78. The SMILES string of the molecule is COc1ccc(C(NC(=O)/C=C/c2cc(Cl)c(OC)c(OC)c2)C(C)C)cc1. The van der Waals surface area contributed by atoms with Gasteiger partial charge >= 0.3 is 0 Å². The second-order valence-corrected chi connectivity index (χ2v) is 6.98. The van der Waals surface area contributed by atoms with Gasteiger partial charge in [-0.2, -0.15) is 0 Å². The zero-order valence-electron chi connectivity index (χ0n) is 16.8. The van der Waals surface area contributed by atoms with E-state index in [1.54, 1.807) is 25.3 Å². The van der Waals surface area contributed by atoms with Crippen LogP contribution in [0, 0.1) is 5.92 Å². The van der Waals surface area contributed by atoms with E-state index >= 15 is 0 Å². The fourth-order valence-electron chi connectivity index (χ4n) is 2.85. The van der Waals surface area contributed by atoms with Gasteiger partial charge in [0.1, 0.15) is 5.75 Å². The van der Waals surface area contributed by atoms with Crippen molar-refractivity contribution < 1.29 is 19.0 Å². The van der Waals surface area contributed by atoms with Crippen molar-refractivity contribution in [1.29, 1.82) is 0 Å². The molecule has 2 aromatic carbocycles. The van der Waals surface area contributed by atoms with Gasteiger partial charge in [0, 0.05) is 6.08 Å². The van der Waals surface area contributed by atoms with Crippen LogP contribution in [0.4, 0.5) is 0 Å². The third kappa shape index (κ3) is 5.42. The predicted octanol–water partition coefficient (Wildman–Crippen LogP) is 4.89. The van der Waals surface area contributed by atoms with Crippen molar-refractivity contribution in [3.8, 4) is 17.2 Å². The van der Waals surface area contributed by atoms with E-state index in [9.17, 15) is 4.79 Å². The first-order chi connectivity index (χ1) is 13.4. The molecule has 0 aliphatic rings. The van der Waals surface area contributed by atoms with Crippen LogP contribution in [0.2, 0.25) is 5.02 Å². The van der Waals surface area contributed by atoms with Crippen molar-refractivity contribution in [2.45, 2.75) is 19.9 Å². The van der Waals surface area contributed by atoms with E-state index < -0.39 is 0 Å². The van der Waals surface area contributed by atoms with E-state index in [4.69, 9.17) is 25.8 Å². The number of methoxy groups -OCH3 is 3. The first-order valence-electron chi connectivity index (χ1n) is 8.93. The van der Waals surface area contributed by atoms with Crippen molar-refractivity contribution in [3.63, 3.8) is 0 Å². The molecule has 0 heterocycles. The van der Waals surface area contributed by atoms with Gasteiger partial charge in [-0.25, -0.2) is 0 Å². The van der Waals surface area contributed by atoms with Crippen molar-refractivity contribution in [2.75, 3.05) is 21.3 Å². The largest absolute Gasteiger partial charge is 0.497 e. The molecule has 0 aliphatic heterocycles. The molecule has 150 valence electrons. The van der Waals surface area contributed by atoms with Gasteiger partial charge in [-0.1, -0.05) is 37.6 Å². The number of halogens is 1. The Morgan fingerprint density at radius 1 is 1.04 bits per heavy atom. The minimum Gasteiger partial charge on any atom is -0.497 e. The second-order valence-electron chi connectivity index (χ2n) is 6.58. The van der Waals surface area contributed by atoms with Crippen molar-refractivity contribution in [2.24, 2.45) is 5.92 Å². The normalized spacial score (nSPS) is 12.1. The molecule has 1 unspecified atom stereocenters. The van der Waals surface area contributed by atoms with Crippen LogP contribution in [-0.4, -0.2) is 27.2 Å². The van der Waals surface area contributed by atoms with Crippen molar-refractivity contribution >= 4 is 23.6 Å². The molecule has 0 saturated heterocycles. The minimum absolute atomic E-state index is 0.114. The minimum atomic E-state index is -0.194. The molecular weight excluding hydrogens is 378 g/mol. The maximum Gasteiger partial charge on any atom is 0.244 e. The van der Waals surface area contributed by atoms with Crippen molar-refractivity contribution in [3.05, 3.63) is 58.6 Å². The number of hydrogen-bond acceptors (Lipinski definition) is 4. The highest BCUT2D eigenvalue weighted by Crippen LogP contribution is 2.36. The lowest BCUT2D eigenvalue weighted by Crippen LogP contribution is -2.30. The Morgan fingerprint density at radius 2 is 1.71 bits per heavy atom. The summed E-state index contributed by atoms with van der Waals surface area (Å²) in [6.07, 6.45) is 3.17. The maximum atomic E-state index is 12.5. The van der Waals surface area contributed by atoms with Gasteiger partial charge in [0.25, 0.3) is 0 Å². The first kappa shape index (κ1) is 21.6. The summed E-state index contributed by atoms with van der Waals surface area (Å²) in [5, 5.41) is 3.47. The fraction of sp³-hybridized carbons (Fsp3) is 0.318. The van der Waals surface area contributed by atoms with Crippen LogP contribution < -0.4 is 19.5 Å². The third-order valence-corrected chi connectivity index (χ3v) is 4.60. The molecular formula is C22H26ClNO4. The van der Waals surface area contributed by atoms with Crippen LogP contribution >= 0.6 is 11.6 Å². The number of rotatable bonds is 8. The number of benzene rings is 2. The highest BCUT2D eigenvalue weighted by molar-refractivity contribution is 6.32. The van der Waals surface area contributed by atoms with E-state index in [2.05, 4.69) is 19.2 Å². The Morgan fingerprint density at radius 3 is 2.25 bits per heavy atom. The lowest BCUT2D eigenvalue weighted by molar-refractivity contribution is -0.117. The first-order valence-corrected chi connectivity index (χ1v) is 9.31.